The van der Waals surface area contributed by atoms with E-state index in [1.165, 1.54) is 0 Å². The number of aromatic amines is 1. The van der Waals surface area contributed by atoms with Crippen molar-refractivity contribution in [2.45, 2.75) is 32.2 Å². The van der Waals surface area contributed by atoms with Gasteiger partial charge in [-0.05, 0) is 43.9 Å². The van der Waals surface area contributed by atoms with Crippen LogP contribution in [0.3, 0.4) is 0 Å². The molecule has 1 atom stereocenters. The van der Waals surface area contributed by atoms with Crippen LogP contribution in [0, 0.1) is 6.92 Å². The number of hydrogen-bond donors (Lipinski definition) is 1. The zero-order valence-corrected chi connectivity index (χ0v) is 13.0. The van der Waals surface area contributed by atoms with Crippen LogP contribution in [0.2, 0.25) is 0 Å². The first-order chi connectivity index (χ1) is 10.7. The number of hydrogen-bond acceptors (Lipinski definition) is 3. The van der Waals surface area contributed by atoms with Gasteiger partial charge in [-0.15, -0.1) is 0 Å². The number of nitrogens with zero attached hydrogens (tertiary/aromatic N) is 2. The Labute approximate surface area is 130 Å². The van der Waals surface area contributed by atoms with Gasteiger partial charge in [-0.3, -0.25) is 9.89 Å². The van der Waals surface area contributed by atoms with E-state index in [0.717, 1.165) is 42.8 Å². The Balaban J connectivity index is 1.77. The highest BCUT2D eigenvalue weighted by molar-refractivity contribution is 5.92. The molecule has 1 amide bonds. The van der Waals surface area contributed by atoms with E-state index in [4.69, 9.17) is 4.74 Å². The highest BCUT2D eigenvalue weighted by Gasteiger charge is 2.31. The van der Waals surface area contributed by atoms with Crippen LogP contribution in [0.5, 0.6) is 5.75 Å². The molecule has 0 spiro atoms. The second-order valence-corrected chi connectivity index (χ2v) is 5.75. The Bertz CT molecular complexity index is 665. The van der Waals surface area contributed by atoms with E-state index in [1.54, 1.807) is 13.2 Å². The van der Waals surface area contributed by atoms with Gasteiger partial charge in [0.05, 0.1) is 7.11 Å². The molecule has 116 valence electrons. The lowest BCUT2D eigenvalue weighted by Crippen LogP contribution is -2.37. The molecule has 0 saturated carbocycles. The molecule has 0 bridgehead atoms. The average Bonchev–Trinajstić information content (AvgIpc) is 3.16. The van der Waals surface area contributed by atoms with Gasteiger partial charge < -0.3 is 9.64 Å². The molecule has 0 aliphatic carbocycles. The Hall–Kier alpha value is -2.30. The third-order valence-electron chi connectivity index (χ3n) is 4.21. The lowest BCUT2D eigenvalue weighted by molar-refractivity contribution is 0.0730. The summed E-state index contributed by atoms with van der Waals surface area (Å²) in [6, 6.07) is 10.0. The number of aryl methyl sites for hydroxylation is 1. The molecule has 1 fully saturated rings. The van der Waals surface area contributed by atoms with Crippen LogP contribution in [0.1, 0.15) is 34.6 Å². The standard InChI is InChI=1S/C17H21N3O2/c1-12-10-15(19-18-12)17(21)20-9-5-7-14(20)11-13-6-3-4-8-16(13)22-2/h3-4,6,8,10,14H,5,7,9,11H2,1-2H3,(H,18,19)/t14-/m1/s1. The van der Waals surface area contributed by atoms with Crippen molar-refractivity contribution in [2.24, 2.45) is 0 Å². The summed E-state index contributed by atoms with van der Waals surface area (Å²) in [5.41, 5.74) is 2.56. The molecule has 1 saturated heterocycles. The largest absolute Gasteiger partial charge is 0.496 e. The number of aromatic nitrogens is 2. The number of ether oxygens (including phenoxy) is 1. The lowest BCUT2D eigenvalue weighted by atomic mass is 10.0. The second-order valence-electron chi connectivity index (χ2n) is 5.75. The monoisotopic (exact) mass is 299 g/mol. The van der Waals surface area contributed by atoms with Crippen molar-refractivity contribution in [2.75, 3.05) is 13.7 Å². The summed E-state index contributed by atoms with van der Waals surface area (Å²) < 4.78 is 5.42. The molecule has 1 aliphatic rings. The summed E-state index contributed by atoms with van der Waals surface area (Å²) in [6.45, 7) is 2.70. The number of H-pyrrole nitrogens is 1. The Kier molecular flexibility index (Phi) is 4.13. The first-order valence-electron chi connectivity index (χ1n) is 7.64. The number of para-hydroxylation sites is 1. The predicted molar refractivity (Wildman–Crippen MR) is 84.1 cm³/mol. The molecular weight excluding hydrogens is 278 g/mol. The van der Waals surface area contributed by atoms with Crippen molar-refractivity contribution in [3.63, 3.8) is 0 Å². The first-order valence-corrected chi connectivity index (χ1v) is 7.64. The second kappa shape index (κ2) is 6.22. The van der Waals surface area contributed by atoms with Crippen molar-refractivity contribution in [1.82, 2.24) is 15.1 Å². The van der Waals surface area contributed by atoms with Crippen LogP contribution in [0.25, 0.3) is 0 Å². The third kappa shape index (κ3) is 2.84. The minimum Gasteiger partial charge on any atom is -0.496 e. The van der Waals surface area contributed by atoms with Crippen LogP contribution in [-0.2, 0) is 6.42 Å². The highest BCUT2D eigenvalue weighted by atomic mass is 16.5. The van der Waals surface area contributed by atoms with Crippen LogP contribution < -0.4 is 4.74 Å². The van der Waals surface area contributed by atoms with Gasteiger partial charge in [-0.25, -0.2) is 0 Å². The number of likely N-dealkylation sites (tertiary alicyclic amines) is 1. The lowest BCUT2D eigenvalue weighted by Gasteiger charge is -2.24. The van der Waals surface area contributed by atoms with Crippen LogP contribution >= 0.6 is 0 Å². The van der Waals surface area contributed by atoms with Crippen LogP contribution in [-0.4, -0.2) is 40.7 Å². The van der Waals surface area contributed by atoms with E-state index in [1.807, 2.05) is 30.0 Å². The number of nitrogens with one attached hydrogen (secondary N) is 1. The van der Waals surface area contributed by atoms with Gasteiger partial charge in [0.1, 0.15) is 11.4 Å². The first kappa shape index (κ1) is 14.6. The van der Waals surface area contributed by atoms with Gasteiger partial charge in [-0.2, -0.15) is 5.10 Å². The Morgan fingerprint density at radius 2 is 2.27 bits per heavy atom. The zero-order chi connectivity index (χ0) is 15.5. The van der Waals surface area contributed by atoms with Gasteiger partial charge in [0.15, 0.2) is 0 Å². The van der Waals surface area contributed by atoms with Crippen molar-refractivity contribution in [3.8, 4) is 5.75 Å². The van der Waals surface area contributed by atoms with Crippen LogP contribution in [0.4, 0.5) is 0 Å². The third-order valence-corrected chi connectivity index (χ3v) is 4.21. The number of rotatable bonds is 4. The molecule has 0 unspecified atom stereocenters. The molecule has 0 radical (unpaired) electrons. The van der Waals surface area contributed by atoms with Crippen molar-refractivity contribution in [3.05, 3.63) is 47.3 Å². The predicted octanol–water partition coefficient (Wildman–Crippen LogP) is 2.57. The smallest absolute Gasteiger partial charge is 0.274 e. The molecule has 2 aromatic rings. The van der Waals surface area contributed by atoms with Crippen molar-refractivity contribution in [1.29, 1.82) is 0 Å². The van der Waals surface area contributed by atoms with Crippen molar-refractivity contribution < 1.29 is 9.53 Å². The molecule has 5 nitrogen and oxygen atoms in total. The normalized spacial score (nSPS) is 17.7. The molecule has 3 rings (SSSR count). The summed E-state index contributed by atoms with van der Waals surface area (Å²) in [7, 11) is 1.68. The van der Waals surface area contributed by atoms with Gasteiger partial charge in [0.2, 0.25) is 0 Å². The molecule has 1 aliphatic heterocycles. The SMILES string of the molecule is COc1ccccc1C[C@H]1CCCN1C(=O)c1cc(C)[nH]n1. The summed E-state index contributed by atoms with van der Waals surface area (Å²) in [5.74, 6) is 0.902. The summed E-state index contributed by atoms with van der Waals surface area (Å²) in [6.07, 6.45) is 2.88. The Morgan fingerprint density at radius 3 is 3.00 bits per heavy atom. The molecule has 22 heavy (non-hydrogen) atoms. The molecule has 1 N–H and O–H groups in total. The zero-order valence-electron chi connectivity index (χ0n) is 13.0. The number of benzene rings is 1. The fraction of sp³-hybridized carbons (Fsp3) is 0.412. The molecular formula is C17H21N3O2. The Morgan fingerprint density at radius 1 is 1.45 bits per heavy atom. The fourth-order valence-electron chi connectivity index (χ4n) is 3.12. The van der Waals surface area contributed by atoms with Gasteiger partial charge in [0, 0.05) is 18.3 Å². The van der Waals surface area contributed by atoms with E-state index in [0.29, 0.717) is 5.69 Å². The number of amides is 1. The average molecular weight is 299 g/mol. The number of carbonyl (C=O) groups excluding carboxylic acids is 1. The minimum absolute atomic E-state index is 0.0155. The summed E-state index contributed by atoms with van der Waals surface area (Å²) >= 11 is 0. The van der Waals surface area contributed by atoms with E-state index in [2.05, 4.69) is 16.3 Å². The highest BCUT2D eigenvalue weighted by Crippen LogP contribution is 2.27. The molecule has 5 heteroatoms. The molecule has 1 aromatic heterocycles. The topological polar surface area (TPSA) is 58.2 Å². The molecule has 1 aromatic carbocycles. The van der Waals surface area contributed by atoms with Gasteiger partial charge >= 0.3 is 0 Å². The molecule has 2 heterocycles. The maximum atomic E-state index is 12.6. The van der Waals surface area contributed by atoms with E-state index in [9.17, 15) is 4.79 Å². The fourth-order valence-corrected chi connectivity index (χ4v) is 3.12. The quantitative estimate of drug-likeness (QED) is 0.944. The summed E-state index contributed by atoms with van der Waals surface area (Å²) in [5, 5.41) is 6.93. The van der Waals surface area contributed by atoms with Gasteiger partial charge in [-0.1, -0.05) is 18.2 Å². The maximum Gasteiger partial charge on any atom is 0.274 e. The van der Waals surface area contributed by atoms with E-state index in [-0.39, 0.29) is 11.9 Å². The number of methoxy groups -OCH3 is 1. The minimum atomic E-state index is 0.0155. The van der Waals surface area contributed by atoms with E-state index < -0.39 is 0 Å². The van der Waals surface area contributed by atoms with E-state index >= 15 is 0 Å². The van der Waals surface area contributed by atoms with Crippen molar-refractivity contribution >= 4 is 5.91 Å². The number of carbonyl (C=O) groups is 1. The van der Waals surface area contributed by atoms with Crippen LogP contribution in [0.15, 0.2) is 30.3 Å². The maximum absolute atomic E-state index is 12.6. The van der Waals surface area contributed by atoms with Gasteiger partial charge in [0.25, 0.3) is 5.91 Å². The summed E-state index contributed by atoms with van der Waals surface area (Å²) in [4.78, 5) is 14.6.